The smallest absolute Gasteiger partial charge is 0.422 e. The fraction of sp³-hybridized carbons (Fsp3) is 0.818. The molecule has 0 spiro atoms. The molecule has 4 nitrogen and oxygen atoms in total. The lowest BCUT2D eigenvalue weighted by Crippen LogP contribution is -2.62. The molecule has 1 saturated carbocycles. The van der Waals surface area contributed by atoms with Gasteiger partial charge in [-0.15, -0.1) is 0 Å². The van der Waals surface area contributed by atoms with Gasteiger partial charge in [0.15, 0.2) is 0 Å². The van der Waals surface area contributed by atoms with Gasteiger partial charge in [0.1, 0.15) is 0 Å². The minimum atomic E-state index is -5.02. The summed E-state index contributed by atoms with van der Waals surface area (Å²) in [6.07, 6.45) is -1.47. The van der Waals surface area contributed by atoms with E-state index in [9.17, 15) is 22.8 Å². The highest BCUT2D eigenvalue weighted by Gasteiger charge is 2.58. The number of carbonyl (C=O) groups is 2. The fourth-order valence-electron chi connectivity index (χ4n) is 1.96. The number of hydrogen-bond donors (Lipinski definition) is 2. The van der Waals surface area contributed by atoms with Gasteiger partial charge in [-0.25, -0.2) is 4.79 Å². The number of carbonyl (C=O) groups excluding carboxylic acids is 1. The minimum Gasteiger partial charge on any atom is -0.479 e. The average molecular weight is 267 g/mol. The molecule has 1 atom stereocenters. The molecule has 18 heavy (non-hydrogen) atoms. The molecule has 0 radical (unpaired) electrons. The van der Waals surface area contributed by atoms with Crippen LogP contribution in [0.1, 0.15) is 39.0 Å². The Bertz CT molecular complexity index is 337. The molecule has 2 N–H and O–H groups in total. The van der Waals surface area contributed by atoms with Crippen LogP contribution in [0.5, 0.6) is 0 Å². The van der Waals surface area contributed by atoms with E-state index in [1.807, 2.05) is 0 Å². The summed E-state index contributed by atoms with van der Waals surface area (Å²) >= 11 is 0. The standard InChI is InChI=1S/C11H16F3NO3/c1-10(9(17)18,11(12,13)14)15-8(16)7-5-3-2-4-6-7/h7H,2-6H2,1H3,(H,15,16)(H,17,18). The SMILES string of the molecule is CC(NC(=O)C1CCCCC1)(C(=O)O)C(F)(F)F. The third kappa shape index (κ3) is 2.94. The Kier molecular flexibility index (Phi) is 4.24. The second-order valence-electron chi connectivity index (χ2n) is 4.75. The third-order valence-electron chi connectivity index (χ3n) is 3.34. The molecule has 0 bridgehead atoms. The van der Waals surface area contributed by atoms with Crippen molar-refractivity contribution in [1.82, 2.24) is 5.32 Å². The van der Waals surface area contributed by atoms with Gasteiger partial charge in [-0.1, -0.05) is 19.3 Å². The van der Waals surface area contributed by atoms with Crippen LogP contribution < -0.4 is 5.32 Å². The van der Waals surface area contributed by atoms with Crippen molar-refractivity contribution in [1.29, 1.82) is 0 Å². The molecule has 104 valence electrons. The Hall–Kier alpha value is -1.27. The summed E-state index contributed by atoms with van der Waals surface area (Å²) in [6, 6.07) is 0. The zero-order valence-electron chi connectivity index (χ0n) is 10.0. The Balaban J connectivity index is 2.78. The molecule has 1 aliphatic rings. The molecule has 0 saturated heterocycles. The van der Waals surface area contributed by atoms with Gasteiger partial charge in [-0.2, -0.15) is 13.2 Å². The van der Waals surface area contributed by atoms with E-state index in [4.69, 9.17) is 5.11 Å². The van der Waals surface area contributed by atoms with Crippen molar-refractivity contribution < 1.29 is 27.9 Å². The van der Waals surface area contributed by atoms with Crippen LogP contribution in [0.2, 0.25) is 0 Å². The molecule has 0 aromatic rings. The van der Waals surface area contributed by atoms with E-state index >= 15 is 0 Å². The molecule has 1 fully saturated rings. The first kappa shape index (κ1) is 14.8. The monoisotopic (exact) mass is 267 g/mol. The Morgan fingerprint density at radius 2 is 1.67 bits per heavy atom. The van der Waals surface area contributed by atoms with Crippen molar-refractivity contribution in [2.24, 2.45) is 5.92 Å². The molecule has 0 aromatic heterocycles. The molecule has 1 unspecified atom stereocenters. The van der Waals surface area contributed by atoms with Crippen molar-refractivity contribution in [3.05, 3.63) is 0 Å². The van der Waals surface area contributed by atoms with E-state index < -0.39 is 29.5 Å². The summed E-state index contributed by atoms with van der Waals surface area (Å²) in [6.45, 7) is 0.468. The number of amides is 1. The number of nitrogens with one attached hydrogen (secondary N) is 1. The molecular weight excluding hydrogens is 251 g/mol. The molecular formula is C11H16F3NO3. The number of carboxylic acids is 1. The van der Waals surface area contributed by atoms with E-state index in [1.54, 1.807) is 5.32 Å². The maximum Gasteiger partial charge on any atom is 0.422 e. The van der Waals surface area contributed by atoms with Gasteiger partial charge in [0.25, 0.3) is 0 Å². The van der Waals surface area contributed by atoms with Gasteiger partial charge in [-0.05, 0) is 19.8 Å². The lowest BCUT2D eigenvalue weighted by molar-refractivity contribution is -0.207. The predicted molar refractivity (Wildman–Crippen MR) is 56.8 cm³/mol. The maximum atomic E-state index is 12.7. The van der Waals surface area contributed by atoms with Crippen LogP contribution in [0.25, 0.3) is 0 Å². The molecule has 1 amide bonds. The molecule has 0 heterocycles. The van der Waals surface area contributed by atoms with E-state index in [-0.39, 0.29) is 0 Å². The molecule has 0 aliphatic heterocycles. The summed E-state index contributed by atoms with van der Waals surface area (Å²) in [5, 5.41) is 10.3. The molecule has 1 aliphatic carbocycles. The van der Waals surface area contributed by atoms with Gasteiger partial charge >= 0.3 is 12.1 Å². The molecule has 1 rings (SSSR count). The first-order chi connectivity index (χ1) is 8.18. The predicted octanol–water partition coefficient (Wildman–Crippen LogP) is 2.09. The van der Waals surface area contributed by atoms with Gasteiger partial charge in [0.2, 0.25) is 11.4 Å². The lowest BCUT2D eigenvalue weighted by Gasteiger charge is -2.31. The van der Waals surface area contributed by atoms with Crippen molar-refractivity contribution in [2.75, 3.05) is 0 Å². The van der Waals surface area contributed by atoms with Crippen LogP contribution in [-0.4, -0.2) is 28.7 Å². The summed E-state index contributed by atoms with van der Waals surface area (Å²) in [5.41, 5.74) is -3.22. The minimum absolute atomic E-state index is 0.468. The summed E-state index contributed by atoms with van der Waals surface area (Å²) < 4.78 is 38.1. The van der Waals surface area contributed by atoms with E-state index in [0.717, 1.165) is 19.3 Å². The van der Waals surface area contributed by atoms with Crippen molar-refractivity contribution in [3.8, 4) is 0 Å². The van der Waals surface area contributed by atoms with Crippen LogP contribution in [0, 0.1) is 5.92 Å². The second kappa shape index (κ2) is 5.16. The second-order valence-corrected chi connectivity index (χ2v) is 4.75. The number of hydrogen-bond acceptors (Lipinski definition) is 2. The topological polar surface area (TPSA) is 66.4 Å². The van der Waals surface area contributed by atoms with E-state index in [0.29, 0.717) is 19.8 Å². The highest BCUT2D eigenvalue weighted by Crippen LogP contribution is 2.32. The highest BCUT2D eigenvalue weighted by atomic mass is 19.4. The molecule has 0 aromatic carbocycles. The zero-order valence-corrected chi connectivity index (χ0v) is 10.0. The van der Waals surface area contributed by atoms with Crippen molar-refractivity contribution >= 4 is 11.9 Å². The Morgan fingerprint density at radius 1 is 1.17 bits per heavy atom. The maximum absolute atomic E-state index is 12.7. The van der Waals surface area contributed by atoms with Crippen LogP contribution in [-0.2, 0) is 9.59 Å². The number of aliphatic carboxylic acids is 1. The Morgan fingerprint density at radius 3 is 2.06 bits per heavy atom. The molecule has 7 heteroatoms. The third-order valence-corrected chi connectivity index (χ3v) is 3.34. The van der Waals surface area contributed by atoms with Crippen LogP contribution in [0.4, 0.5) is 13.2 Å². The highest BCUT2D eigenvalue weighted by molar-refractivity contribution is 5.88. The normalized spacial score (nSPS) is 21.1. The number of carboxylic acid groups (broad SMARTS) is 1. The quantitative estimate of drug-likeness (QED) is 0.822. The van der Waals surface area contributed by atoms with Gasteiger partial charge in [0, 0.05) is 5.92 Å². The lowest BCUT2D eigenvalue weighted by atomic mass is 9.87. The number of rotatable bonds is 3. The van der Waals surface area contributed by atoms with E-state index in [1.165, 1.54) is 0 Å². The van der Waals surface area contributed by atoms with Gasteiger partial charge < -0.3 is 10.4 Å². The largest absolute Gasteiger partial charge is 0.479 e. The Labute approximate surface area is 103 Å². The van der Waals surface area contributed by atoms with Crippen LogP contribution in [0.3, 0.4) is 0 Å². The number of halogens is 3. The number of alkyl halides is 3. The zero-order chi connectivity index (χ0) is 14.0. The van der Waals surface area contributed by atoms with Gasteiger partial charge in [-0.3, -0.25) is 4.79 Å². The van der Waals surface area contributed by atoms with Crippen molar-refractivity contribution in [2.45, 2.75) is 50.7 Å². The van der Waals surface area contributed by atoms with Gasteiger partial charge in [0.05, 0.1) is 0 Å². The summed E-state index contributed by atoms with van der Waals surface area (Å²) in [5.74, 6) is -3.43. The summed E-state index contributed by atoms with van der Waals surface area (Å²) in [7, 11) is 0. The van der Waals surface area contributed by atoms with Crippen molar-refractivity contribution in [3.63, 3.8) is 0 Å². The first-order valence-electron chi connectivity index (χ1n) is 5.80. The fourth-order valence-corrected chi connectivity index (χ4v) is 1.96. The van der Waals surface area contributed by atoms with E-state index in [2.05, 4.69) is 0 Å². The summed E-state index contributed by atoms with van der Waals surface area (Å²) in [4.78, 5) is 22.4. The average Bonchev–Trinajstić information content (AvgIpc) is 2.28. The van der Waals surface area contributed by atoms with Crippen LogP contribution >= 0.6 is 0 Å². The first-order valence-corrected chi connectivity index (χ1v) is 5.80. The van der Waals surface area contributed by atoms with Crippen LogP contribution in [0.15, 0.2) is 0 Å².